The number of sulfone groups is 1. The van der Waals surface area contributed by atoms with E-state index in [9.17, 15) is 8.42 Å². The highest BCUT2D eigenvalue weighted by molar-refractivity contribution is 7.91. The predicted octanol–water partition coefficient (Wildman–Crippen LogP) is 0.524. The van der Waals surface area contributed by atoms with Gasteiger partial charge in [0.1, 0.15) is 0 Å². The minimum Gasteiger partial charge on any atom is -0.232 e. The fraction of sp³-hybridized carbons (Fsp3) is 0.833. The van der Waals surface area contributed by atoms with E-state index in [4.69, 9.17) is 0 Å². The van der Waals surface area contributed by atoms with Crippen LogP contribution in [0.5, 0.6) is 0 Å². The van der Waals surface area contributed by atoms with Crippen LogP contribution in [0.3, 0.4) is 0 Å². The van der Waals surface area contributed by atoms with Gasteiger partial charge in [0.2, 0.25) is 0 Å². The van der Waals surface area contributed by atoms with Crippen LogP contribution in [0.15, 0.2) is 4.99 Å². The number of nitrogens with zero attached hydrogens (tertiary/aromatic N) is 1. The van der Waals surface area contributed by atoms with Crippen LogP contribution in [0.2, 0.25) is 0 Å². The zero-order valence-electron chi connectivity index (χ0n) is 5.99. The lowest BCUT2D eigenvalue weighted by molar-refractivity contribution is 0.592. The first-order valence-corrected chi connectivity index (χ1v) is 5.61. The Kier molecular flexibility index (Phi) is 2.76. The average molecular weight is 191 g/mol. The van der Waals surface area contributed by atoms with Crippen LogP contribution in [0.1, 0.15) is 6.42 Å². The minimum atomic E-state index is -2.75. The monoisotopic (exact) mass is 191 g/mol. The van der Waals surface area contributed by atoms with Crippen molar-refractivity contribution in [1.82, 2.24) is 0 Å². The Bertz CT molecular complexity index is 277. The SMILES string of the molecule is O=S1(=O)CC[C@H](CN=C=S)C1. The summed E-state index contributed by atoms with van der Waals surface area (Å²) < 4.78 is 21.8. The Hall–Kier alpha value is -0.250. The van der Waals surface area contributed by atoms with Crippen LogP contribution in [0.25, 0.3) is 0 Å². The lowest BCUT2D eigenvalue weighted by Gasteiger charge is -1.98. The highest BCUT2D eigenvalue weighted by Gasteiger charge is 2.27. The van der Waals surface area contributed by atoms with Gasteiger partial charge in [-0.25, -0.2) is 13.4 Å². The molecule has 0 radical (unpaired) electrons. The van der Waals surface area contributed by atoms with Crippen molar-refractivity contribution >= 4 is 27.2 Å². The number of hydrogen-bond donors (Lipinski definition) is 0. The van der Waals surface area contributed by atoms with Gasteiger partial charge in [0.05, 0.1) is 23.2 Å². The van der Waals surface area contributed by atoms with E-state index >= 15 is 0 Å². The number of isothiocyanates is 1. The largest absolute Gasteiger partial charge is 0.232 e. The van der Waals surface area contributed by atoms with E-state index < -0.39 is 9.84 Å². The Balaban J connectivity index is 2.49. The van der Waals surface area contributed by atoms with Crippen molar-refractivity contribution in [3.63, 3.8) is 0 Å². The van der Waals surface area contributed by atoms with Gasteiger partial charge in [0.15, 0.2) is 9.84 Å². The number of hydrogen-bond acceptors (Lipinski definition) is 4. The van der Waals surface area contributed by atoms with Gasteiger partial charge < -0.3 is 0 Å². The normalized spacial score (nSPS) is 27.8. The van der Waals surface area contributed by atoms with E-state index in [1.165, 1.54) is 0 Å². The second-order valence-electron chi connectivity index (χ2n) is 2.70. The average Bonchev–Trinajstić information content (AvgIpc) is 2.26. The van der Waals surface area contributed by atoms with E-state index in [1.807, 2.05) is 0 Å². The summed E-state index contributed by atoms with van der Waals surface area (Å²) in [5, 5.41) is 2.24. The maximum absolute atomic E-state index is 10.9. The van der Waals surface area contributed by atoms with Gasteiger partial charge in [-0.05, 0) is 24.6 Å². The number of aliphatic imine (C=N–C) groups is 1. The first-order valence-electron chi connectivity index (χ1n) is 3.38. The summed E-state index contributed by atoms with van der Waals surface area (Å²) in [6.45, 7) is 0.517. The molecule has 0 aromatic heterocycles. The van der Waals surface area contributed by atoms with Gasteiger partial charge in [0, 0.05) is 0 Å². The first-order chi connectivity index (χ1) is 5.14. The number of rotatable bonds is 2. The lowest BCUT2D eigenvalue weighted by atomic mass is 10.1. The summed E-state index contributed by atoms with van der Waals surface area (Å²) in [6, 6.07) is 0. The van der Waals surface area contributed by atoms with Crippen molar-refractivity contribution in [2.75, 3.05) is 18.1 Å². The van der Waals surface area contributed by atoms with Gasteiger partial charge in [-0.2, -0.15) is 0 Å². The maximum atomic E-state index is 10.9. The molecule has 1 saturated heterocycles. The van der Waals surface area contributed by atoms with Crippen molar-refractivity contribution in [3.05, 3.63) is 0 Å². The smallest absolute Gasteiger partial charge is 0.150 e. The highest BCUT2D eigenvalue weighted by Crippen LogP contribution is 2.17. The molecule has 62 valence electrons. The Labute approximate surface area is 71.4 Å². The van der Waals surface area contributed by atoms with Crippen molar-refractivity contribution in [2.24, 2.45) is 10.9 Å². The highest BCUT2D eigenvalue weighted by atomic mass is 32.2. The molecule has 5 heteroatoms. The molecular formula is C6H9NO2S2. The molecule has 3 nitrogen and oxygen atoms in total. The molecule has 1 rings (SSSR count). The molecule has 0 spiro atoms. The molecule has 1 atom stereocenters. The lowest BCUT2D eigenvalue weighted by Crippen LogP contribution is -2.07. The Morgan fingerprint density at radius 2 is 2.36 bits per heavy atom. The number of thiocarbonyl (C=S) groups is 1. The second kappa shape index (κ2) is 3.43. The molecule has 0 saturated carbocycles. The van der Waals surface area contributed by atoms with Crippen LogP contribution >= 0.6 is 12.2 Å². The molecule has 0 bridgehead atoms. The third-order valence-corrected chi connectivity index (χ3v) is 3.71. The standard InChI is InChI=1S/C6H9NO2S2/c8-11(9)2-1-6(4-11)3-7-5-10/h6H,1-4H2/t6-/m1/s1. The summed E-state index contributed by atoms with van der Waals surface area (Å²) in [5.41, 5.74) is 0. The summed E-state index contributed by atoms with van der Waals surface area (Å²) in [5.74, 6) is 0.758. The Morgan fingerprint density at radius 1 is 1.64 bits per heavy atom. The maximum Gasteiger partial charge on any atom is 0.150 e. The van der Waals surface area contributed by atoms with Gasteiger partial charge >= 0.3 is 0 Å². The van der Waals surface area contributed by atoms with Crippen LogP contribution in [-0.2, 0) is 9.84 Å². The third-order valence-electron chi connectivity index (χ3n) is 1.74. The fourth-order valence-electron chi connectivity index (χ4n) is 1.18. The zero-order valence-corrected chi connectivity index (χ0v) is 7.62. The summed E-state index contributed by atoms with van der Waals surface area (Å²) >= 11 is 4.38. The van der Waals surface area contributed by atoms with Crippen molar-refractivity contribution in [2.45, 2.75) is 6.42 Å². The minimum absolute atomic E-state index is 0.176. The second-order valence-corrected chi connectivity index (χ2v) is 5.11. The summed E-state index contributed by atoms with van der Waals surface area (Å²) in [6.07, 6.45) is 0.725. The van der Waals surface area contributed by atoms with Crippen LogP contribution in [-0.4, -0.2) is 31.6 Å². The van der Waals surface area contributed by atoms with Crippen LogP contribution in [0, 0.1) is 5.92 Å². The molecule has 0 aliphatic carbocycles. The molecule has 1 heterocycles. The molecule has 1 aliphatic rings. The fourth-order valence-corrected chi connectivity index (χ4v) is 3.11. The van der Waals surface area contributed by atoms with E-state index in [0.29, 0.717) is 12.3 Å². The van der Waals surface area contributed by atoms with Crippen molar-refractivity contribution < 1.29 is 8.42 Å². The Morgan fingerprint density at radius 3 is 2.82 bits per heavy atom. The van der Waals surface area contributed by atoms with Gasteiger partial charge in [-0.15, -0.1) is 0 Å². The summed E-state index contributed by atoms with van der Waals surface area (Å²) in [7, 11) is -2.75. The van der Waals surface area contributed by atoms with Gasteiger partial charge in [0.25, 0.3) is 0 Å². The molecule has 0 unspecified atom stereocenters. The van der Waals surface area contributed by atoms with E-state index in [-0.39, 0.29) is 11.7 Å². The van der Waals surface area contributed by atoms with E-state index in [1.54, 1.807) is 0 Å². The van der Waals surface area contributed by atoms with Gasteiger partial charge in [-0.1, -0.05) is 0 Å². The molecular weight excluding hydrogens is 182 g/mol. The third kappa shape index (κ3) is 2.69. The van der Waals surface area contributed by atoms with Crippen LogP contribution < -0.4 is 0 Å². The predicted molar refractivity (Wildman–Crippen MR) is 46.7 cm³/mol. The van der Waals surface area contributed by atoms with Crippen LogP contribution in [0.4, 0.5) is 0 Å². The molecule has 1 aliphatic heterocycles. The molecule has 11 heavy (non-hydrogen) atoms. The van der Waals surface area contributed by atoms with E-state index in [2.05, 4.69) is 22.4 Å². The topological polar surface area (TPSA) is 46.5 Å². The van der Waals surface area contributed by atoms with Crippen molar-refractivity contribution in [3.8, 4) is 0 Å². The van der Waals surface area contributed by atoms with Crippen molar-refractivity contribution in [1.29, 1.82) is 0 Å². The quantitative estimate of drug-likeness (QED) is 0.472. The molecule has 0 aromatic carbocycles. The first kappa shape index (κ1) is 8.84. The van der Waals surface area contributed by atoms with Gasteiger partial charge in [-0.3, -0.25) is 0 Å². The molecule has 0 N–H and O–H groups in total. The molecule has 0 aromatic rings. The summed E-state index contributed by atoms with van der Waals surface area (Å²) in [4.78, 5) is 3.72. The van der Waals surface area contributed by atoms with E-state index in [0.717, 1.165) is 6.42 Å². The molecule has 0 amide bonds. The zero-order chi connectivity index (χ0) is 8.32. The molecule has 1 fully saturated rings.